The van der Waals surface area contributed by atoms with Gasteiger partial charge in [-0.15, -0.1) is 24.0 Å². The molecular weight excluding hydrogens is 509 g/mol. The Kier molecular flexibility index (Phi) is 10.5. The first-order chi connectivity index (χ1) is 12.0. The minimum Gasteiger partial charge on any atom is -0.353 e. The number of halogens is 2. The molecule has 6 nitrogen and oxygen atoms in total. The molecule has 8 heteroatoms. The number of aliphatic imine (C=N–C) groups is 1. The van der Waals surface area contributed by atoms with E-state index in [9.17, 15) is 4.79 Å². The van der Waals surface area contributed by atoms with Crippen molar-refractivity contribution in [2.24, 2.45) is 4.99 Å². The van der Waals surface area contributed by atoms with E-state index >= 15 is 0 Å². The molecule has 2 rings (SSSR count). The molecule has 1 saturated heterocycles. The number of rotatable bonds is 5. The smallest absolute Gasteiger partial charge is 0.234 e. The normalized spacial score (nSPS) is 15.6. The van der Waals surface area contributed by atoms with Crippen molar-refractivity contribution in [1.29, 1.82) is 0 Å². The predicted molar refractivity (Wildman–Crippen MR) is 121 cm³/mol. The Labute approximate surface area is 181 Å². The van der Waals surface area contributed by atoms with Crippen LogP contribution >= 0.6 is 39.9 Å². The summed E-state index contributed by atoms with van der Waals surface area (Å²) in [5.74, 6) is 1.01. The maximum atomic E-state index is 11.9. The lowest BCUT2D eigenvalue weighted by Gasteiger charge is -2.36. The van der Waals surface area contributed by atoms with E-state index in [1.165, 1.54) is 5.56 Å². The van der Waals surface area contributed by atoms with Crippen LogP contribution in [0.3, 0.4) is 0 Å². The Morgan fingerprint density at radius 1 is 1.19 bits per heavy atom. The van der Waals surface area contributed by atoms with Crippen LogP contribution < -0.4 is 10.6 Å². The highest BCUT2D eigenvalue weighted by molar-refractivity contribution is 14.0. The quantitative estimate of drug-likeness (QED) is 0.344. The summed E-state index contributed by atoms with van der Waals surface area (Å²) in [5.41, 5.74) is 1.22. The second-order valence-electron chi connectivity index (χ2n) is 6.51. The Morgan fingerprint density at radius 2 is 1.81 bits per heavy atom. The number of nitrogens with zero attached hydrogens (tertiary/aromatic N) is 3. The van der Waals surface area contributed by atoms with Crippen LogP contribution in [0.1, 0.15) is 19.4 Å². The molecule has 1 heterocycles. The molecule has 146 valence electrons. The van der Waals surface area contributed by atoms with E-state index < -0.39 is 0 Å². The number of piperazine rings is 1. The van der Waals surface area contributed by atoms with Crippen molar-refractivity contribution in [2.75, 3.05) is 39.8 Å². The van der Waals surface area contributed by atoms with E-state index in [2.05, 4.69) is 53.5 Å². The molecule has 1 aromatic carbocycles. The molecule has 1 aliphatic rings. The highest BCUT2D eigenvalue weighted by Crippen LogP contribution is 2.10. The van der Waals surface area contributed by atoms with Crippen molar-refractivity contribution in [3.05, 3.63) is 34.3 Å². The molecule has 26 heavy (non-hydrogen) atoms. The van der Waals surface area contributed by atoms with Gasteiger partial charge in [0.15, 0.2) is 5.96 Å². The van der Waals surface area contributed by atoms with E-state index in [1.54, 1.807) is 0 Å². The lowest BCUT2D eigenvalue weighted by molar-refractivity contribution is -0.123. The first kappa shape index (κ1) is 23.2. The average Bonchev–Trinajstić information content (AvgIpc) is 2.57. The van der Waals surface area contributed by atoms with Gasteiger partial charge in [0.2, 0.25) is 5.91 Å². The molecule has 0 unspecified atom stereocenters. The number of nitrogens with one attached hydrogen (secondary N) is 2. The van der Waals surface area contributed by atoms with Gasteiger partial charge in [-0.25, -0.2) is 0 Å². The van der Waals surface area contributed by atoms with Gasteiger partial charge in [-0.2, -0.15) is 0 Å². The zero-order chi connectivity index (χ0) is 18.2. The number of amides is 1. The second kappa shape index (κ2) is 11.8. The van der Waals surface area contributed by atoms with Crippen LogP contribution in [0.4, 0.5) is 0 Å². The van der Waals surface area contributed by atoms with E-state index in [-0.39, 0.29) is 35.9 Å². The number of carbonyl (C=O) groups excluding carboxylic acids is 1. The van der Waals surface area contributed by atoms with Gasteiger partial charge in [-0.05, 0) is 31.5 Å². The average molecular weight is 538 g/mol. The Morgan fingerprint density at radius 3 is 2.35 bits per heavy atom. The molecule has 1 fully saturated rings. The molecular formula is C18H29BrIN5O. The van der Waals surface area contributed by atoms with Crippen molar-refractivity contribution in [2.45, 2.75) is 26.4 Å². The Hall–Kier alpha value is -0.870. The number of hydrogen-bond donors (Lipinski definition) is 2. The van der Waals surface area contributed by atoms with Crippen molar-refractivity contribution in [3.8, 4) is 0 Å². The molecule has 1 amide bonds. The van der Waals surface area contributed by atoms with Crippen LogP contribution in [0.2, 0.25) is 0 Å². The highest BCUT2D eigenvalue weighted by Gasteiger charge is 2.21. The molecule has 0 radical (unpaired) electrons. The van der Waals surface area contributed by atoms with Crippen LogP contribution in [0.25, 0.3) is 0 Å². The van der Waals surface area contributed by atoms with Crippen LogP contribution in [0.15, 0.2) is 33.7 Å². The number of hydrogen-bond acceptors (Lipinski definition) is 3. The summed E-state index contributed by atoms with van der Waals surface area (Å²) in [6.07, 6.45) is 0. The minimum absolute atomic E-state index is 0. The first-order valence-corrected chi connectivity index (χ1v) is 9.49. The first-order valence-electron chi connectivity index (χ1n) is 8.69. The van der Waals surface area contributed by atoms with E-state index in [4.69, 9.17) is 0 Å². The maximum Gasteiger partial charge on any atom is 0.234 e. The summed E-state index contributed by atoms with van der Waals surface area (Å²) in [6.45, 7) is 8.65. The molecule has 1 aliphatic heterocycles. The van der Waals surface area contributed by atoms with Crippen molar-refractivity contribution in [1.82, 2.24) is 20.4 Å². The third-order valence-electron chi connectivity index (χ3n) is 4.06. The van der Waals surface area contributed by atoms with Gasteiger partial charge in [0.25, 0.3) is 0 Å². The molecule has 1 aromatic rings. The Bertz CT molecular complexity index is 586. The molecule has 0 aliphatic carbocycles. The summed E-state index contributed by atoms with van der Waals surface area (Å²) in [7, 11) is 1.81. The van der Waals surface area contributed by atoms with Gasteiger partial charge in [0, 0.05) is 50.3 Å². The standard InChI is InChI=1S/C18H28BrN5O.HI/c1-14(2)22-17(25)13-23-8-10-24(11-9-23)18(20-3)21-12-15-4-6-16(19)7-5-15;/h4-7,14H,8-13H2,1-3H3,(H,20,21)(H,22,25);1H. The summed E-state index contributed by atoms with van der Waals surface area (Å²) in [6, 6.07) is 8.46. The zero-order valence-electron chi connectivity index (χ0n) is 15.7. The molecule has 0 saturated carbocycles. The van der Waals surface area contributed by atoms with Crippen molar-refractivity contribution >= 4 is 51.8 Å². The monoisotopic (exact) mass is 537 g/mol. The number of guanidine groups is 1. The van der Waals surface area contributed by atoms with Crippen LogP contribution in [-0.4, -0.2) is 67.5 Å². The topological polar surface area (TPSA) is 60.0 Å². The van der Waals surface area contributed by atoms with Gasteiger partial charge in [-0.1, -0.05) is 28.1 Å². The molecule has 2 N–H and O–H groups in total. The van der Waals surface area contributed by atoms with Crippen LogP contribution in [0.5, 0.6) is 0 Å². The summed E-state index contributed by atoms with van der Waals surface area (Å²) in [4.78, 5) is 20.7. The van der Waals surface area contributed by atoms with Gasteiger partial charge in [-0.3, -0.25) is 14.7 Å². The third kappa shape index (κ3) is 7.79. The molecule has 0 aromatic heterocycles. The lowest BCUT2D eigenvalue weighted by Crippen LogP contribution is -2.54. The van der Waals surface area contributed by atoms with Gasteiger partial charge < -0.3 is 15.5 Å². The molecule has 0 bridgehead atoms. The van der Waals surface area contributed by atoms with Gasteiger partial charge in [0.1, 0.15) is 0 Å². The van der Waals surface area contributed by atoms with E-state index in [1.807, 2.05) is 33.0 Å². The maximum absolute atomic E-state index is 11.9. The number of carbonyl (C=O) groups is 1. The largest absolute Gasteiger partial charge is 0.353 e. The SMILES string of the molecule is CN=C(NCc1ccc(Br)cc1)N1CCN(CC(=O)NC(C)C)CC1.I. The highest BCUT2D eigenvalue weighted by atomic mass is 127. The van der Waals surface area contributed by atoms with Crippen molar-refractivity contribution < 1.29 is 4.79 Å². The summed E-state index contributed by atoms with van der Waals surface area (Å²) < 4.78 is 1.08. The van der Waals surface area contributed by atoms with Gasteiger partial charge >= 0.3 is 0 Å². The Balaban J connectivity index is 0.00000338. The van der Waals surface area contributed by atoms with Crippen LogP contribution in [0, 0.1) is 0 Å². The molecule has 0 spiro atoms. The third-order valence-corrected chi connectivity index (χ3v) is 4.59. The van der Waals surface area contributed by atoms with Crippen LogP contribution in [-0.2, 0) is 11.3 Å². The fraction of sp³-hybridized carbons (Fsp3) is 0.556. The van der Waals surface area contributed by atoms with E-state index in [0.29, 0.717) is 6.54 Å². The molecule has 0 atom stereocenters. The second-order valence-corrected chi connectivity index (χ2v) is 7.43. The van der Waals surface area contributed by atoms with Gasteiger partial charge in [0.05, 0.1) is 6.54 Å². The summed E-state index contributed by atoms with van der Waals surface area (Å²) in [5, 5.41) is 6.36. The summed E-state index contributed by atoms with van der Waals surface area (Å²) >= 11 is 3.45. The van der Waals surface area contributed by atoms with E-state index in [0.717, 1.165) is 43.2 Å². The fourth-order valence-corrected chi connectivity index (χ4v) is 3.07. The predicted octanol–water partition coefficient (Wildman–Crippen LogP) is 2.28. The lowest BCUT2D eigenvalue weighted by atomic mass is 10.2. The fourth-order valence-electron chi connectivity index (χ4n) is 2.80. The zero-order valence-corrected chi connectivity index (χ0v) is 19.6. The number of benzene rings is 1. The minimum atomic E-state index is 0. The van der Waals surface area contributed by atoms with Crippen molar-refractivity contribution in [3.63, 3.8) is 0 Å².